The van der Waals surface area contributed by atoms with Gasteiger partial charge in [-0.1, -0.05) is 44.2 Å². The Hall–Kier alpha value is -1.41. The van der Waals surface area contributed by atoms with E-state index in [0.717, 1.165) is 5.56 Å². The van der Waals surface area contributed by atoms with Crippen molar-refractivity contribution >= 4 is 0 Å². The first-order valence-corrected chi connectivity index (χ1v) is 7.84. The molecule has 4 heteroatoms. The second kappa shape index (κ2) is 6.78. The van der Waals surface area contributed by atoms with Crippen LogP contribution in [-0.4, -0.2) is 36.4 Å². The van der Waals surface area contributed by atoms with Gasteiger partial charge in [0.05, 0.1) is 18.7 Å². The fraction of sp³-hybridized carbons (Fsp3) is 0.611. The van der Waals surface area contributed by atoms with Crippen LogP contribution in [0.15, 0.2) is 30.3 Å². The molecule has 1 aliphatic rings. The van der Waals surface area contributed by atoms with E-state index in [9.17, 15) is 5.26 Å². The predicted molar refractivity (Wildman–Crippen MR) is 86.1 cm³/mol. The summed E-state index contributed by atoms with van der Waals surface area (Å²) in [5, 5.41) is 9.48. The molecule has 1 aromatic rings. The lowest BCUT2D eigenvalue weighted by atomic mass is 9.96. The van der Waals surface area contributed by atoms with Gasteiger partial charge < -0.3 is 9.47 Å². The standard InChI is InChI=1S/C18H26N2O2/c1-13(2)15(11-19)20(5)16-12-21-18(3,4)22-17(16)14-9-7-6-8-10-14/h6-10,13,15-17H,12H2,1-5H3/t15?,16-,17-/m0/s1. The molecule has 120 valence electrons. The lowest BCUT2D eigenvalue weighted by Gasteiger charge is -2.46. The van der Waals surface area contributed by atoms with E-state index in [1.807, 2.05) is 39.1 Å². The Kier molecular flexibility index (Phi) is 5.23. The highest BCUT2D eigenvalue weighted by Gasteiger charge is 2.41. The molecule has 0 saturated carbocycles. The molecule has 0 N–H and O–H groups in total. The molecule has 22 heavy (non-hydrogen) atoms. The van der Waals surface area contributed by atoms with Crippen LogP contribution in [0.2, 0.25) is 0 Å². The van der Waals surface area contributed by atoms with Crippen molar-refractivity contribution in [1.82, 2.24) is 4.90 Å². The van der Waals surface area contributed by atoms with E-state index in [-0.39, 0.29) is 24.1 Å². The minimum Gasteiger partial charge on any atom is -0.349 e. The molecule has 1 aliphatic heterocycles. The first-order valence-electron chi connectivity index (χ1n) is 7.84. The van der Waals surface area contributed by atoms with Gasteiger partial charge in [0.25, 0.3) is 0 Å². The second-order valence-corrected chi connectivity index (χ2v) is 6.71. The van der Waals surface area contributed by atoms with E-state index in [4.69, 9.17) is 9.47 Å². The summed E-state index contributed by atoms with van der Waals surface area (Å²) in [6.07, 6.45) is -0.107. The Morgan fingerprint density at radius 3 is 2.45 bits per heavy atom. The van der Waals surface area contributed by atoms with E-state index in [0.29, 0.717) is 6.61 Å². The summed E-state index contributed by atoms with van der Waals surface area (Å²) in [6, 6.07) is 12.4. The lowest BCUT2D eigenvalue weighted by molar-refractivity contribution is -0.297. The minimum absolute atomic E-state index is 0.0162. The molecule has 1 aromatic carbocycles. The molecule has 0 aliphatic carbocycles. The van der Waals surface area contributed by atoms with Gasteiger partial charge in [0.2, 0.25) is 0 Å². The maximum Gasteiger partial charge on any atom is 0.163 e. The summed E-state index contributed by atoms with van der Waals surface area (Å²) in [5.41, 5.74) is 1.12. The van der Waals surface area contributed by atoms with Crippen LogP contribution in [0, 0.1) is 17.2 Å². The van der Waals surface area contributed by atoms with Crippen molar-refractivity contribution in [2.24, 2.45) is 5.92 Å². The maximum absolute atomic E-state index is 9.48. The van der Waals surface area contributed by atoms with E-state index in [2.05, 4.69) is 36.9 Å². The largest absolute Gasteiger partial charge is 0.349 e. The summed E-state index contributed by atoms with van der Waals surface area (Å²) in [6.45, 7) is 8.55. The molecular weight excluding hydrogens is 276 g/mol. The quantitative estimate of drug-likeness (QED) is 0.855. The summed E-state index contributed by atoms with van der Waals surface area (Å²) >= 11 is 0. The van der Waals surface area contributed by atoms with Gasteiger partial charge in [-0.2, -0.15) is 5.26 Å². The summed E-state index contributed by atoms with van der Waals surface area (Å²) in [4.78, 5) is 2.09. The molecule has 1 heterocycles. The highest BCUT2D eigenvalue weighted by atomic mass is 16.7. The van der Waals surface area contributed by atoms with E-state index in [1.54, 1.807) is 0 Å². The van der Waals surface area contributed by atoms with Crippen LogP contribution in [0.25, 0.3) is 0 Å². The molecule has 0 bridgehead atoms. The molecule has 3 atom stereocenters. The fourth-order valence-electron chi connectivity index (χ4n) is 2.97. The molecule has 0 radical (unpaired) electrons. The number of rotatable bonds is 4. The van der Waals surface area contributed by atoms with Gasteiger partial charge in [-0.3, -0.25) is 4.90 Å². The summed E-state index contributed by atoms with van der Waals surface area (Å²) in [7, 11) is 1.99. The predicted octanol–water partition coefficient (Wildman–Crippen LogP) is 3.36. The third kappa shape index (κ3) is 3.67. The number of ether oxygens (including phenoxy) is 2. The summed E-state index contributed by atoms with van der Waals surface area (Å²) in [5.74, 6) is -0.362. The first-order chi connectivity index (χ1) is 10.4. The van der Waals surface area contributed by atoms with Gasteiger partial charge in [0.15, 0.2) is 5.79 Å². The van der Waals surface area contributed by atoms with E-state index >= 15 is 0 Å². The van der Waals surface area contributed by atoms with Gasteiger partial charge in [-0.25, -0.2) is 0 Å². The topological polar surface area (TPSA) is 45.5 Å². The first kappa shape index (κ1) is 17.0. The molecule has 1 unspecified atom stereocenters. The van der Waals surface area contributed by atoms with E-state index in [1.165, 1.54) is 0 Å². The Morgan fingerprint density at radius 1 is 1.27 bits per heavy atom. The highest BCUT2D eigenvalue weighted by molar-refractivity contribution is 5.20. The Labute approximate surface area is 133 Å². The number of hydrogen-bond donors (Lipinski definition) is 0. The van der Waals surface area contributed by atoms with Crippen LogP contribution >= 0.6 is 0 Å². The van der Waals surface area contributed by atoms with Gasteiger partial charge in [0.1, 0.15) is 12.1 Å². The monoisotopic (exact) mass is 302 g/mol. The fourth-order valence-corrected chi connectivity index (χ4v) is 2.97. The van der Waals surface area contributed by atoms with Crippen molar-refractivity contribution < 1.29 is 9.47 Å². The Morgan fingerprint density at radius 2 is 1.91 bits per heavy atom. The number of likely N-dealkylation sites (N-methyl/N-ethyl adjacent to an activating group) is 1. The van der Waals surface area contributed by atoms with Crippen molar-refractivity contribution in [3.63, 3.8) is 0 Å². The van der Waals surface area contributed by atoms with Crippen LogP contribution in [0.3, 0.4) is 0 Å². The van der Waals surface area contributed by atoms with Crippen LogP contribution < -0.4 is 0 Å². The van der Waals surface area contributed by atoms with Crippen molar-refractivity contribution in [1.29, 1.82) is 5.26 Å². The normalized spacial score (nSPS) is 25.9. The summed E-state index contributed by atoms with van der Waals surface area (Å²) < 4.78 is 12.0. The zero-order valence-electron chi connectivity index (χ0n) is 14.1. The molecule has 0 aromatic heterocycles. The maximum atomic E-state index is 9.48. The van der Waals surface area contributed by atoms with Gasteiger partial charge >= 0.3 is 0 Å². The van der Waals surface area contributed by atoms with Crippen molar-refractivity contribution in [2.75, 3.05) is 13.7 Å². The van der Waals surface area contributed by atoms with Gasteiger partial charge in [-0.15, -0.1) is 0 Å². The van der Waals surface area contributed by atoms with Crippen molar-refractivity contribution in [3.05, 3.63) is 35.9 Å². The molecule has 4 nitrogen and oxygen atoms in total. The minimum atomic E-state index is -0.613. The lowest BCUT2D eigenvalue weighted by Crippen LogP contribution is -2.54. The number of benzene rings is 1. The molecular formula is C18H26N2O2. The number of hydrogen-bond acceptors (Lipinski definition) is 4. The molecule has 1 fully saturated rings. The highest BCUT2D eigenvalue weighted by Crippen LogP contribution is 2.36. The molecule has 0 spiro atoms. The third-order valence-corrected chi connectivity index (χ3v) is 4.22. The van der Waals surface area contributed by atoms with E-state index < -0.39 is 5.79 Å². The second-order valence-electron chi connectivity index (χ2n) is 6.71. The van der Waals surface area contributed by atoms with Crippen LogP contribution in [0.4, 0.5) is 0 Å². The Bertz CT molecular complexity index is 522. The average Bonchev–Trinajstić information content (AvgIpc) is 2.47. The van der Waals surface area contributed by atoms with Gasteiger partial charge in [-0.05, 0) is 32.4 Å². The van der Waals surface area contributed by atoms with Crippen molar-refractivity contribution in [3.8, 4) is 6.07 Å². The smallest absolute Gasteiger partial charge is 0.163 e. The Balaban J connectivity index is 2.30. The number of nitrogens with zero attached hydrogens (tertiary/aromatic N) is 2. The zero-order chi connectivity index (χ0) is 16.3. The SMILES string of the molecule is CC(C)C(C#N)N(C)[C@H]1COC(C)(C)O[C@H]1c1ccccc1. The molecule has 0 amide bonds. The van der Waals surface area contributed by atoms with Crippen LogP contribution in [0.1, 0.15) is 39.4 Å². The van der Waals surface area contributed by atoms with Crippen molar-refractivity contribution in [2.45, 2.75) is 51.7 Å². The van der Waals surface area contributed by atoms with Crippen LogP contribution in [-0.2, 0) is 9.47 Å². The third-order valence-electron chi connectivity index (χ3n) is 4.22. The number of nitriles is 1. The van der Waals surface area contributed by atoms with Gasteiger partial charge in [0, 0.05) is 0 Å². The molecule has 2 rings (SSSR count). The zero-order valence-corrected chi connectivity index (χ0v) is 14.1. The molecule has 1 saturated heterocycles. The average molecular weight is 302 g/mol. The van der Waals surface area contributed by atoms with Crippen LogP contribution in [0.5, 0.6) is 0 Å².